The van der Waals surface area contributed by atoms with Crippen molar-refractivity contribution in [1.29, 1.82) is 0 Å². The molecule has 1 fully saturated rings. The molecule has 0 saturated carbocycles. The van der Waals surface area contributed by atoms with Crippen LogP contribution in [-0.2, 0) is 9.31 Å². The molecule has 1 aliphatic rings. The number of alkyl halides is 21. The summed E-state index contributed by atoms with van der Waals surface area (Å²) in [5.74, 6) is -77.5. The Morgan fingerprint density at radius 3 is 1.38 bits per heavy atom. The number of carbonyl (C=O) groups is 1. The largest absolute Gasteiger partial charge is 0.494 e. The molecule has 2 rings (SSSR count). The van der Waals surface area contributed by atoms with Crippen molar-refractivity contribution < 1.29 is 106 Å². The molecule has 0 N–H and O–H groups in total. The van der Waals surface area contributed by atoms with Crippen LogP contribution in [0.4, 0.5) is 92.2 Å². The highest BCUT2D eigenvalue weighted by Gasteiger charge is 2.97. The molecule has 0 aromatic heterocycles. The summed E-state index contributed by atoms with van der Waals surface area (Å²) in [6, 6.07) is 4.43. The van der Waals surface area contributed by atoms with Gasteiger partial charge in [0.1, 0.15) is 6.29 Å². The Hall–Kier alpha value is -2.60. The van der Waals surface area contributed by atoms with Crippen LogP contribution in [0.1, 0.15) is 16.8 Å². The number of halogens is 21. The van der Waals surface area contributed by atoms with Crippen molar-refractivity contribution in [3.63, 3.8) is 0 Å². The van der Waals surface area contributed by atoms with Crippen LogP contribution in [0.3, 0.4) is 0 Å². The molecule has 1 unspecified atom stereocenters. The zero-order chi connectivity index (χ0) is 35.7. The minimum Gasteiger partial charge on any atom is -0.405 e. The van der Waals surface area contributed by atoms with E-state index in [1.807, 2.05) is 0 Å². The maximum atomic E-state index is 14.3. The number of benzene rings is 1. The monoisotopic (exact) mass is 708 g/mol. The molecule has 45 heavy (non-hydrogen) atoms. The van der Waals surface area contributed by atoms with Gasteiger partial charge in [-0.25, -0.2) is 0 Å². The van der Waals surface area contributed by atoms with Gasteiger partial charge >= 0.3 is 66.6 Å². The molecule has 1 atom stereocenters. The van der Waals surface area contributed by atoms with E-state index in [4.69, 9.17) is 4.65 Å². The summed E-state index contributed by atoms with van der Waals surface area (Å²) in [4.78, 5) is 11.0. The lowest BCUT2D eigenvalue weighted by Gasteiger charge is -2.44. The van der Waals surface area contributed by atoms with Crippen LogP contribution in [0.15, 0.2) is 24.3 Å². The molecule has 1 saturated heterocycles. The van der Waals surface area contributed by atoms with E-state index in [1.54, 1.807) is 0 Å². The number of aldehydes is 1. The fourth-order valence-corrected chi connectivity index (χ4v) is 3.56. The fourth-order valence-electron chi connectivity index (χ4n) is 3.56. The molecule has 0 spiro atoms. The molecule has 1 aliphatic heterocycles. The maximum absolute atomic E-state index is 14.3. The van der Waals surface area contributed by atoms with Crippen molar-refractivity contribution in [3.05, 3.63) is 29.8 Å². The lowest BCUT2D eigenvalue weighted by molar-refractivity contribution is -0.474. The Kier molecular flexibility index (Phi) is 9.43. The number of carbonyl (C=O) groups excluding carboxylic acids is 1. The van der Waals surface area contributed by atoms with Gasteiger partial charge < -0.3 is 9.31 Å². The van der Waals surface area contributed by atoms with Crippen molar-refractivity contribution in [3.8, 4) is 0 Å². The van der Waals surface area contributed by atoms with Crippen LogP contribution >= 0.6 is 0 Å². The van der Waals surface area contributed by atoms with Crippen LogP contribution in [0.5, 0.6) is 0 Å². The third-order valence-electron chi connectivity index (χ3n) is 6.19. The summed E-state index contributed by atoms with van der Waals surface area (Å²) < 4.78 is 293. The summed E-state index contributed by atoms with van der Waals surface area (Å²) in [6.45, 7) is -1.32. The van der Waals surface area contributed by atoms with Gasteiger partial charge in [-0.3, -0.25) is 4.79 Å². The van der Waals surface area contributed by atoms with Gasteiger partial charge in [0.25, 0.3) is 0 Å². The van der Waals surface area contributed by atoms with Crippen LogP contribution in [0, 0.1) is 0 Å². The van der Waals surface area contributed by atoms with Crippen molar-refractivity contribution in [2.45, 2.75) is 72.0 Å². The molecular weight excluding hydrogens is 698 g/mol. The van der Waals surface area contributed by atoms with Gasteiger partial charge in [-0.15, -0.1) is 0 Å². The molecule has 1 aromatic rings. The smallest absolute Gasteiger partial charge is 0.405 e. The van der Waals surface area contributed by atoms with Crippen molar-refractivity contribution in [2.24, 2.45) is 0 Å². The van der Waals surface area contributed by atoms with Crippen molar-refractivity contribution >= 4 is 18.9 Å². The highest BCUT2D eigenvalue weighted by molar-refractivity contribution is 6.63. The fraction of sp³-hybridized carbons (Fsp3) is 0.650. The van der Waals surface area contributed by atoms with Gasteiger partial charge in [-0.2, -0.15) is 92.2 Å². The quantitative estimate of drug-likeness (QED) is 0.130. The Morgan fingerprint density at radius 2 is 0.978 bits per heavy atom. The normalized spacial score (nSPS) is 18.9. The zero-order valence-electron chi connectivity index (χ0n) is 20.6. The lowest BCUT2D eigenvalue weighted by atomic mass is 9.76. The third-order valence-corrected chi connectivity index (χ3v) is 6.19. The second-order valence-corrected chi connectivity index (χ2v) is 9.17. The number of hydrogen-bond donors (Lipinski definition) is 0. The molecular formula is C20H10BF21O3. The maximum Gasteiger partial charge on any atom is 0.494 e. The van der Waals surface area contributed by atoms with E-state index in [1.165, 1.54) is 6.07 Å². The van der Waals surface area contributed by atoms with Gasteiger partial charge in [0.15, 0.2) is 0 Å². The van der Waals surface area contributed by atoms with Crippen molar-refractivity contribution in [1.82, 2.24) is 0 Å². The first-order valence-corrected chi connectivity index (χ1v) is 11.0. The molecule has 0 amide bonds. The summed E-state index contributed by atoms with van der Waals surface area (Å²) in [5, 5.41) is 0. The third kappa shape index (κ3) is 5.37. The predicted molar refractivity (Wildman–Crippen MR) is 103 cm³/mol. The summed E-state index contributed by atoms with van der Waals surface area (Å²) in [7, 11) is -1.93. The van der Waals surface area contributed by atoms with Gasteiger partial charge in [0.2, 0.25) is 0 Å². The van der Waals surface area contributed by atoms with Gasteiger partial charge in [-0.1, -0.05) is 24.3 Å². The van der Waals surface area contributed by atoms with Crippen LogP contribution < -0.4 is 5.46 Å². The van der Waals surface area contributed by atoms with E-state index in [0.29, 0.717) is 0 Å². The summed E-state index contributed by atoms with van der Waals surface area (Å²) >= 11 is 0. The Bertz CT molecular complexity index is 1240. The Labute approximate surface area is 234 Å². The van der Waals surface area contributed by atoms with E-state index < -0.39 is 85.7 Å². The Balaban J connectivity index is 2.49. The lowest BCUT2D eigenvalue weighted by Crippen LogP contribution is -2.76. The molecule has 25 heteroatoms. The van der Waals surface area contributed by atoms with Crippen molar-refractivity contribution in [2.75, 3.05) is 6.61 Å². The number of rotatable bonds is 12. The second-order valence-electron chi connectivity index (χ2n) is 9.17. The standard InChI is InChI=1S/C20H10BF21O3/c22-11(23,5-9-7-44-21(45-9)10-4-2-1-3-8(10)6-43)12(24,25)13(26,27)14(28,29)15(30,31)16(32,33)17(34,35)18(36,37)19(38,39)20(40,41)42/h1-4,6,9H,5,7H2. The molecule has 258 valence electrons. The minimum absolute atomic E-state index is 0.111. The van der Waals surface area contributed by atoms with Crippen LogP contribution in [0.25, 0.3) is 0 Å². The predicted octanol–water partition coefficient (Wildman–Crippen LogP) is 7.28. The molecule has 3 nitrogen and oxygen atoms in total. The highest BCUT2D eigenvalue weighted by atomic mass is 19.4. The number of hydrogen-bond acceptors (Lipinski definition) is 3. The van der Waals surface area contributed by atoms with E-state index >= 15 is 0 Å². The first-order valence-electron chi connectivity index (χ1n) is 11.0. The molecule has 0 bridgehead atoms. The zero-order valence-corrected chi connectivity index (χ0v) is 20.6. The van der Waals surface area contributed by atoms with E-state index in [-0.39, 0.29) is 17.3 Å². The average Bonchev–Trinajstić information content (AvgIpc) is 3.34. The molecule has 0 radical (unpaired) electrons. The molecule has 1 heterocycles. The summed E-state index contributed by atoms with van der Waals surface area (Å²) in [6.07, 6.45) is -13.5. The van der Waals surface area contributed by atoms with Gasteiger partial charge in [-0.05, 0) is 5.46 Å². The van der Waals surface area contributed by atoms with Crippen LogP contribution in [-0.4, -0.2) is 85.6 Å². The van der Waals surface area contributed by atoms with E-state index in [0.717, 1.165) is 18.2 Å². The topological polar surface area (TPSA) is 35.5 Å². The highest BCUT2D eigenvalue weighted by Crippen LogP contribution is 2.66. The average molecular weight is 708 g/mol. The molecule has 1 aromatic carbocycles. The van der Waals surface area contributed by atoms with Gasteiger partial charge in [0.05, 0.1) is 12.7 Å². The minimum atomic E-state index is -9.22. The van der Waals surface area contributed by atoms with E-state index in [9.17, 15) is 97.0 Å². The summed E-state index contributed by atoms with van der Waals surface area (Å²) in [5.41, 5.74) is -0.623. The van der Waals surface area contributed by atoms with Crippen LogP contribution in [0.2, 0.25) is 0 Å². The first kappa shape index (κ1) is 38.6. The molecule has 0 aliphatic carbocycles. The van der Waals surface area contributed by atoms with Gasteiger partial charge in [0, 0.05) is 12.0 Å². The Morgan fingerprint density at radius 1 is 0.600 bits per heavy atom. The first-order chi connectivity index (χ1) is 19.7. The SMILES string of the molecule is O=Cc1ccccc1B1OCC(CC(F)(F)C(F)(F)C(F)(F)C(F)(F)C(F)(F)C(F)(F)C(F)(F)C(F)(F)C(F)(F)C(F)(F)F)O1. The van der Waals surface area contributed by atoms with E-state index in [2.05, 4.69) is 4.65 Å². The second kappa shape index (κ2) is 11.0.